The number of anilines is 1. The summed E-state index contributed by atoms with van der Waals surface area (Å²) < 4.78 is 20.4. The number of carbonyl (C=O) groups is 2. The normalized spacial score (nSPS) is 10.8. The highest BCUT2D eigenvalue weighted by molar-refractivity contribution is 5.92. The second kappa shape index (κ2) is 8.91. The Balaban J connectivity index is 1.41. The lowest BCUT2D eigenvalue weighted by Gasteiger charge is -2.10. The Morgan fingerprint density at radius 2 is 1.79 bits per heavy atom. The molecule has 2 N–H and O–H groups in total. The number of carbonyl (C=O) groups excluding carboxylic acids is 2. The van der Waals surface area contributed by atoms with Crippen LogP contribution in [-0.4, -0.2) is 38.0 Å². The minimum atomic E-state index is -0.888. The van der Waals surface area contributed by atoms with E-state index in [1.807, 2.05) is 0 Å². The maximum absolute atomic E-state index is 13.2. The fourth-order valence-corrected chi connectivity index (χ4v) is 3.23. The van der Waals surface area contributed by atoms with E-state index in [0.717, 1.165) is 4.68 Å². The summed E-state index contributed by atoms with van der Waals surface area (Å²) in [4.78, 5) is 49.0. The summed E-state index contributed by atoms with van der Waals surface area (Å²) in [6, 6.07) is 13.3. The zero-order chi connectivity index (χ0) is 23.5. The van der Waals surface area contributed by atoms with Crippen molar-refractivity contribution in [1.82, 2.24) is 19.6 Å². The molecule has 168 valence electrons. The van der Waals surface area contributed by atoms with Crippen LogP contribution in [0.5, 0.6) is 0 Å². The number of fused-ring (bicyclic) bond motifs is 1. The molecule has 4 rings (SSSR count). The van der Waals surface area contributed by atoms with Crippen LogP contribution >= 0.6 is 0 Å². The molecule has 0 saturated heterocycles. The van der Waals surface area contributed by atoms with E-state index < -0.39 is 42.0 Å². The number of rotatable bonds is 6. The van der Waals surface area contributed by atoms with Crippen molar-refractivity contribution in [3.05, 3.63) is 86.8 Å². The summed E-state index contributed by atoms with van der Waals surface area (Å²) in [5, 5.41) is 9.52. The maximum atomic E-state index is 13.2. The molecule has 0 aliphatic heterocycles. The minimum absolute atomic E-state index is 0.163. The van der Waals surface area contributed by atoms with Crippen LogP contribution in [0, 0.1) is 12.7 Å². The Hall–Kier alpha value is -4.54. The first-order valence-electron chi connectivity index (χ1n) is 9.82. The summed E-state index contributed by atoms with van der Waals surface area (Å²) in [6.45, 7) is 0.523. The highest BCUT2D eigenvalue weighted by Crippen LogP contribution is 2.17. The van der Waals surface area contributed by atoms with Gasteiger partial charge in [0.1, 0.15) is 18.2 Å². The monoisotopic (exact) mass is 451 g/mol. The average molecular weight is 451 g/mol. The van der Waals surface area contributed by atoms with Gasteiger partial charge in [0.15, 0.2) is 6.61 Å². The van der Waals surface area contributed by atoms with Crippen LogP contribution in [0.4, 0.5) is 10.2 Å². The molecule has 2 aromatic carbocycles. The van der Waals surface area contributed by atoms with Gasteiger partial charge in [-0.3, -0.25) is 24.3 Å². The molecule has 0 bridgehead atoms. The quantitative estimate of drug-likeness (QED) is 0.428. The summed E-state index contributed by atoms with van der Waals surface area (Å²) >= 11 is 0. The molecule has 10 nitrogen and oxygen atoms in total. The molecule has 0 saturated carbocycles. The topological polar surface area (TPSA) is 128 Å². The van der Waals surface area contributed by atoms with Crippen molar-refractivity contribution in [2.45, 2.75) is 13.5 Å². The van der Waals surface area contributed by atoms with Crippen molar-refractivity contribution in [2.75, 3.05) is 11.9 Å². The first-order valence-corrected chi connectivity index (χ1v) is 9.82. The molecular formula is C22H18FN5O5. The molecule has 0 unspecified atom stereocenters. The van der Waals surface area contributed by atoms with Crippen molar-refractivity contribution < 1.29 is 18.7 Å². The third-order valence-corrected chi connectivity index (χ3v) is 4.71. The number of halogens is 1. The second-order valence-corrected chi connectivity index (χ2v) is 7.15. The highest BCUT2D eigenvalue weighted by atomic mass is 19.1. The van der Waals surface area contributed by atoms with E-state index in [-0.39, 0.29) is 10.8 Å². The van der Waals surface area contributed by atoms with Gasteiger partial charge < -0.3 is 10.1 Å². The average Bonchev–Trinajstić information content (AvgIpc) is 3.16. The fourth-order valence-electron chi connectivity index (χ4n) is 3.23. The van der Waals surface area contributed by atoms with Crippen molar-refractivity contribution in [3.63, 3.8) is 0 Å². The Morgan fingerprint density at radius 1 is 1.09 bits per heavy atom. The number of aromatic nitrogens is 4. The lowest BCUT2D eigenvalue weighted by molar-refractivity contribution is -0.148. The summed E-state index contributed by atoms with van der Waals surface area (Å²) in [5.74, 6) is -1.64. The van der Waals surface area contributed by atoms with E-state index in [4.69, 9.17) is 4.74 Å². The van der Waals surface area contributed by atoms with Crippen molar-refractivity contribution in [1.29, 1.82) is 0 Å². The lowest BCUT2D eigenvalue weighted by Crippen LogP contribution is -2.33. The van der Waals surface area contributed by atoms with Crippen LogP contribution in [0.3, 0.4) is 0 Å². The molecule has 2 aromatic heterocycles. The van der Waals surface area contributed by atoms with Crippen molar-refractivity contribution in [3.8, 4) is 5.69 Å². The van der Waals surface area contributed by atoms with Gasteiger partial charge in [-0.2, -0.15) is 5.10 Å². The number of H-pyrrole nitrogens is 1. The molecule has 0 atom stereocenters. The zero-order valence-corrected chi connectivity index (χ0v) is 17.4. The van der Waals surface area contributed by atoms with E-state index in [0.29, 0.717) is 17.2 Å². The molecule has 0 aliphatic rings. The Bertz CT molecular complexity index is 1470. The van der Waals surface area contributed by atoms with Crippen molar-refractivity contribution >= 4 is 28.5 Å². The molecule has 4 aromatic rings. The maximum Gasteiger partial charge on any atom is 0.328 e. The predicted molar refractivity (Wildman–Crippen MR) is 117 cm³/mol. The van der Waals surface area contributed by atoms with Crippen LogP contribution in [0.15, 0.2) is 64.2 Å². The molecule has 1 amide bonds. The molecule has 0 spiro atoms. The van der Waals surface area contributed by atoms with Gasteiger partial charge in [0.05, 0.1) is 22.2 Å². The highest BCUT2D eigenvalue weighted by Gasteiger charge is 2.15. The second-order valence-electron chi connectivity index (χ2n) is 7.15. The van der Waals surface area contributed by atoms with Gasteiger partial charge in [0.25, 0.3) is 17.0 Å². The molecular weight excluding hydrogens is 433 g/mol. The van der Waals surface area contributed by atoms with Gasteiger partial charge in [-0.1, -0.05) is 12.1 Å². The van der Waals surface area contributed by atoms with Crippen molar-refractivity contribution in [2.24, 2.45) is 0 Å². The molecule has 2 heterocycles. The number of nitrogens with zero attached hydrogens (tertiary/aromatic N) is 3. The Morgan fingerprint density at radius 3 is 2.52 bits per heavy atom. The predicted octanol–water partition coefficient (Wildman–Crippen LogP) is 1.50. The van der Waals surface area contributed by atoms with Crippen LogP contribution < -0.4 is 16.4 Å². The SMILES string of the molecule is Cc1cc(NC(=O)COC(=O)Cn2[nH]c(=O)c3ccccc3c2=O)n(-c2ccc(F)cc2)n1. The number of nitrogens with one attached hydrogen (secondary N) is 2. The summed E-state index contributed by atoms with van der Waals surface area (Å²) in [5.41, 5.74) is 0.0353. The van der Waals surface area contributed by atoms with Crippen LogP contribution in [-0.2, 0) is 20.9 Å². The van der Waals surface area contributed by atoms with Gasteiger partial charge in [0, 0.05) is 6.07 Å². The zero-order valence-electron chi connectivity index (χ0n) is 17.4. The van der Waals surface area contributed by atoms with Gasteiger partial charge >= 0.3 is 5.97 Å². The smallest absolute Gasteiger partial charge is 0.328 e. The van der Waals surface area contributed by atoms with Crippen LogP contribution in [0.1, 0.15) is 5.69 Å². The van der Waals surface area contributed by atoms with Gasteiger partial charge in [-0.25, -0.2) is 13.8 Å². The lowest BCUT2D eigenvalue weighted by atomic mass is 10.2. The molecule has 0 radical (unpaired) electrons. The number of aryl methyl sites for hydroxylation is 1. The number of esters is 1. The van der Waals surface area contributed by atoms with Crippen LogP contribution in [0.2, 0.25) is 0 Å². The van der Waals surface area contributed by atoms with Gasteiger partial charge in [-0.15, -0.1) is 0 Å². The summed E-state index contributed by atoms with van der Waals surface area (Å²) in [6.07, 6.45) is 0. The first-order chi connectivity index (χ1) is 15.8. The third-order valence-electron chi connectivity index (χ3n) is 4.71. The van der Waals surface area contributed by atoms with Gasteiger partial charge in [0.2, 0.25) is 0 Å². The number of aromatic amines is 1. The number of ether oxygens (including phenoxy) is 1. The van der Waals surface area contributed by atoms with E-state index in [9.17, 15) is 23.6 Å². The largest absolute Gasteiger partial charge is 0.454 e. The van der Waals surface area contributed by atoms with E-state index in [1.165, 1.54) is 41.1 Å². The number of hydrogen-bond acceptors (Lipinski definition) is 6. The Kier molecular flexibility index (Phi) is 5.85. The molecule has 0 aliphatic carbocycles. The minimum Gasteiger partial charge on any atom is -0.454 e. The molecule has 33 heavy (non-hydrogen) atoms. The van der Waals surface area contributed by atoms with Crippen LogP contribution in [0.25, 0.3) is 16.5 Å². The van der Waals surface area contributed by atoms with E-state index >= 15 is 0 Å². The van der Waals surface area contributed by atoms with E-state index in [2.05, 4.69) is 15.5 Å². The first kappa shape index (κ1) is 21.7. The standard InChI is InChI=1S/C22H18FN5O5/c1-13-10-18(28(25-13)15-8-6-14(23)7-9-15)24-19(29)12-33-20(30)11-27-22(32)17-5-3-2-4-16(17)21(31)26-27/h2-10H,11-12H2,1H3,(H,24,29)(H,26,31). The fraction of sp³-hybridized carbons (Fsp3) is 0.136. The summed E-state index contributed by atoms with van der Waals surface area (Å²) in [7, 11) is 0. The third kappa shape index (κ3) is 4.71. The van der Waals surface area contributed by atoms with E-state index in [1.54, 1.807) is 25.1 Å². The number of benzene rings is 2. The Labute approximate surface area is 185 Å². The number of hydrogen-bond donors (Lipinski definition) is 2. The van der Waals surface area contributed by atoms with Gasteiger partial charge in [-0.05, 0) is 43.3 Å². The number of amides is 1. The molecule has 11 heteroatoms. The molecule has 0 fully saturated rings.